The third-order valence-electron chi connectivity index (χ3n) is 4.45. The van der Waals surface area contributed by atoms with E-state index in [9.17, 15) is 9.59 Å². The van der Waals surface area contributed by atoms with Crippen LogP contribution in [0.5, 0.6) is 5.75 Å². The second-order valence-electron chi connectivity index (χ2n) is 6.60. The molecule has 1 aliphatic heterocycles. The van der Waals surface area contributed by atoms with Gasteiger partial charge in [0.05, 0.1) is 5.69 Å². The Balaban J connectivity index is 1.70. The highest BCUT2D eigenvalue weighted by molar-refractivity contribution is 6.30. The molecule has 0 saturated carbocycles. The first kappa shape index (κ1) is 20.0. The Bertz CT molecular complexity index is 878. The summed E-state index contributed by atoms with van der Waals surface area (Å²) in [6.45, 7) is 2.83. The number of benzene rings is 2. The third kappa shape index (κ3) is 5.14. The first-order valence-corrected chi connectivity index (χ1v) is 9.76. The molecule has 2 amide bonds. The van der Waals surface area contributed by atoms with Crippen LogP contribution < -0.4 is 15.0 Å². The molecule has 2 aromatic carbocycles. The summed E-state index contributed by atoms with van der Waals surface area (Å²) in [6.07, 6.45) is 6.26. The average Bonchev–Trinajstić information content (AvgIpc) is 2.69. The van der Waals surface area contributed by atoms with Gasteiger partial charge in [0.2, 0.25) is 5.91 Å². The van der Waals surface area contributed by atoms with Crippen molar-refractivity contribution < 1.29 is 14.3 Å². The van der Waals surface area contributed by atoms with E-state index in [2.05, 4.69) is 12.2 Å². The summed E-state index contributed by atoms with van der Waals surface area (Å²) in [7, 11) is 0. The third-order valence-corrected chi connectivity index (χ3v) is 4.70. The quantitative estimate of drug-likeness (QED) is 0.532. The van der Waals surface area contributed by atoms with E-state index in [1.165, 1.54) is 6.08 Å². The largest absolute Gasteiger partial charge is 0.482 e. The lowest BCUT2D eigenvalue weighted by Gasteiger charge is -2.29. The zero-order valence-electron chi connectivity index (χ0n) is 15.8. The zero-order chi connectivity index (χ0) is 19.9. The van der Waals surface area contributed by atoms with Gasteiger partial charge in [0.1, 0.15) is 5.75 Å². The molecule has 0 fully saturated rings. The molecule has 5 nitrogen and oxygen atoms in total. The summed E-state index contributed by atoms with van der Waals surface area (Å²) < 4.78 is 5.52. The molecule has 0 radical (unpaired) electrons. The fourth-order valence-corrected chi connectivity index (χ4v) is 3.10. The van der Waals surface area contributed by atoms with Gasteiger partial charge in [0.15, 0.2) is 6.61 Å². The minimum absolute atomic E-state index is 0.0503. The van der Waals surface area contributed by atoms with Crippen molar-refractivity contribution in [2.24, 2.45) is 0 Å². The SMILES string of the molecule is CCCCCN1C(=O)COc2ccc(NC(=O)/C=C/c3ccc(Cl)cc3)cc21. The van der Waals surface area contributed by atoms with Gasteiger partial charge in [-0.25, -0.2) is 0 Å². The monoisotopic (exact) mass is 398 g/mol. The van der Waals surface area contributed by atoms with E-state index in [0.29, 0.717) is 28.7 Å². The van der Waals surface area contributed by atoms with Crippen LogP contribution in [0, 0.1) is 0 Å². The Kier molecular flexibility index (Phi) is 6.71. The Morgan fingerprint density at radius 1 is 1.21 bits per heavy atom. The van der Waals surface area contributed by atoms with Gasteiger partial charge in [0, 0.05) is 23.3 Å². The molecule has 6 heteroatoms. The molecule has 0 unspecified atom stereocenters. The van der Waals surface area contributed by atoms with Crippen molar-refractivity contribution in [3.63, 3.8) is 0 Å². The van der Waals surface area contributed by atoms with Crippen LogP contribution in [0.15, 0.2) is 48.5 Å². The van der Waals surface area contributed by atoms with Crippen LogP contribution in [0.4, 0.5) is 11.4 Å². The lowest BCUT2D eigenvalue weighted by atomic mass is 10.1. The van der Waals surface area contributed by atoms with Crippen LogP contribution in [-0.4, -0.2) is 25.0 Å². The van der Waals surface area contributed by atoms with Crippen LogP contribution in [0.3, 0.4) is 0 Å². The van der Waals surface area contributed by atoms with Crippen LogP contribution in [-0.2, 0) is 9.59 Å². The van der Waals surface area contributed by atoms with Crippen molar-refractivity contribution in [3.05, 3.63) is 59.1 Å². The molecule has 0 bridgehead atoms. The average molecular weight is 399 g/mol. The zero-order valence-corrected chi connectivity index (χ0v) is 16.5. The second kappa shape index (κ2) is 9.42. The molecular weight excluding hydrogens is 376 g/mol. The van der Waals surface area contributed by atoms with Gasteiger partial charge in [-0.2, -0.15) is 0 Å². The fourth-order valence-electron chi connectivity index (χ4n) is 2.97. The lowest BCUT2D eigenvalue weighted by Crippen LogP contribution is -2.39. The molecule has 146 valence electrons. The molecule has 28 heavy (non-hydrogen) atoms. The van der Waals surface area contributed by atoms with Crippen molar-refractivity contribution in [3.8, 4) is 5.75 Å². The molecule has 3 rings (SSSR count). The number of unbranched alkanes of at least 4 members (excludes halogenated alkanes) is 2. The Hall–Kier alpha value is -2.79. The fraction of sp³-hybridized carbons (Fsp3) is 0.273. The summed E-state index contributed by atoms with van der Waals surface area (Å²) >= 11 is 5.86. The number of carbonyl (C=O) groups is 2. The van der Waals surface area contributed by atoms with Gasteiger partial charge in [-0.1, -0.05) is 43.5 Å². The number of carbonyl (C=O) groups excluding carboxylic acids is 2. The van der Waals surface area contributed by atoms with Crippen LogP contribution >= 0.6 is 11.6 Å². The van der Waals surface area contributed by atoms with E-state index in [1.807, 2.05) is 12.1 Å². The standard InChI is InChI=1S/C22H23ClN2O3/c1-2-3-4-13-25-19-14-18(10-11-20(19)28-15-22(25)27)24-21(26)12-7-16-5-8-17(23)9-6-16/h5-12,14H,2-4,13,15H2,1H3,(H,24,26)/b12-7+. The number of hydrogen-bond acceptors (Lipinski definition) is 3. The van der Waals surface area contributed by atoms with Crippen molar-refractivity contribution >= 4 is 40.9 Å². The number of fused-ring (bicyclic) bond motifs is 1. The number of anilines is 2. The minimum atomic E-state index is -0.254. The number of amides is 2. The van der Waals surface area contributed by atoms with Crippen molar-refractivity contribution in [1.29, 1.82) is 0 Å². The maximum absolute atomic E-state index is 12.3. The van der Waals surface area contributed by atoms with E-state index in [-0.39, 0.29) is 18.4 Å². The number of nitrogens with one attached hydrogen (secondary N) is 1. The summed E-state index contributed by atoms with van der Waals surface area (Å²) in [5.41, 5.74) is 2.20. The first-order chi connectivity index (χ1) is 13.6. The Labute approximate surface area is 169 Å². The number of nitrogens with zero attached hydrogens (tertiary/aromatic N) is 1. The van der Waals surface area contributed by atoms with E-state index in [4.69, 9.17) is 16.3 Å². The predicted molar refractivity (Wildman–Crippen MR) is 113 cm³/mol. The summed E-state index contributed by atoms with van der Waals surface area (Å²) in [5.74, 6) is 0.344. The molecule has 0 aliphatic carbocycles. The second-order valence-corrected chi connectivity index (χ2v) is 7.03. The number of halogens is 1. The number of rotatable bonds is 7. The maximum atomic E-state index is 12.3. The van der Waals surface area contributed by atoms with Crippen molar-refractivity contribution in [1.82, 2.24) is 0 Å². The van der Waals surface area contributed by atoms with Crippen LogP contribution in [0.1, 0.15) is 31.7 Å². The molecule has 1 N–H and O–H groups in total. The molecule has 1 aliphatic rings. The Morgan fingerprint density at radius 2 is 2.00 bits per heavy atom. The minimum Gasteiger partial charge on any atom is -0.482 e. The van der Waals surface area contributed by atoms with Gasteiger partial charge in [0.25, 0.3) is 5.91 Å². The highest BCUT2D eigenvalue weighted by Crippen LogP contribution is 2.34. The van der Waals surface area contributed by atoms with Gasteiger partial charge >= 0.3 is 0 Å². The van der Waals surface area contributed by atoms with Gasteiger partial charge in [-0.15, -0.1) is 0 Å². The number of hydrogen-bond donors (Lipinski definition) is 1. The highest BCUT2D eigenvalue weighted by atomic mass is 35.5. The predicted octanol–water partition coefficient (Wildman–Crippen LogP) is 4.91. The van der Waals surface area contributed by atoms with E-state index >= 15 is 0 Å². The van der Waals surface area contributed by atoms with E-state index in [1.54, 1.807) is 41.3 Å². The molecule has 0 aromatic heterocycles. The van der Waals surface area contributed by atoms with Gasteiger partial charge in [-0.05, 0) is 48.4 Å². The smallest absolute Gasteiger partial charge is 0.265 e. The lowest BCUT2D eigenvalue weighted by molar-refractivity contribution is -0.121. The van der Waals surface area contributed by atoms with Crippen LogP contribution in [0.25, 0.3) is 6.08 Å². The summed E-state index contributed by atoms with van der Waals surface area (Å²) in [6, 6.07) is 12.6. The summed E-state index contributed by atoms with van der Waals surface area (Å²) in [5, 5.41) is 3.48. The molecule has 0 saturated heterocycles. The van der Waals surface area contributed by atoms with E-state index < -0.39 is 0 Å². The van der Waals surface area contributed by atoms with Crippen LogP contribution in [0.2, 0.25) is 5.02 Å². The molecular formula is C22H23ClN2O3. The first-order valence-electron chi connectivity index (χ1n) is 9.38. The molecule has 1 heterocycles. The van der Waals surface area contributed by atoms with Crippen molar-refractivity contribution in [2.45, 2.75) is 26.2 Å². The topological polar surface area (TPSA) is 58.6 Å². The molecule has 0 atom stereocenters. The highest BCUT2D eigenvalue weighted by Gasteiger charge is 2.25. The van der Waals surface area contributed by atoms with Gasteiger partial charge < -0.3 is 15.0 Å². The molecule has 0 spiro atoms. The summed E-state index contributed by atoms with van der Waals surface area (Å²) in [4.78, 5) is 26.2. The maximum Gasteiger partial charge on any atom is 0.265 e. The number of ether oxygens (including phenoxy) is 1. The molecule has 2 aromatic rings. The normalized spacial score (nSPS) is 13.4. The van der Waals surface area contributed by atoms with Crippen molar-refractivity contribution in [2.75, 3.05) is 23.4 Å². The van der Waals surface area contributed by atoms with Gasteiger partial charge in [-0.3, -0.25) is 9.59 Å². The van der Waals surface area contributed by atoms with E-state index in [0.717, 1.165) is 24.8 Å². The Morgan fingerprint density at radius 3 is 2.75 bits per heavy atom.